The van der Waals surface area contributed by atoms with E-state index >= 15 is 0 Å². The summed E-state index contributed by atoms with van der Waals surface area (Å²) in [5, 5.41) is 0.848. The van der Waals surface area contributed by atoms with Crippen LogP contribution in [0.15, 0.2) is 39.6 Å². The predicted molar refractivity (Wildman–Crippen MR) is 96.8 cm³/mol. The van der Waals surface area contributed by atoms with E-state index in [0.717, 1.165) is 5.56 Å². The Morgan fingerprint density at radius 3 is 2.52 bits per heavy atom. The molecule has 0 fully saturated rings. The Kier molecular flexibility index (Phi) is 3.29. The highest BCUT2D eigenvalue weighted by molar-refractivity contribution is 6.00. The molecule has 0 aliphatic carbocycles. The van der Waals surface area contributed by atoms with Crippen LogP contribution in [-0.4, -0.2) is 19.8 Å². The molecule has 25 heavy (non-hydrogen) atoms. The molecule has 128 valence electrons. The fourth-order valence-corrected chi connectivity index (χ4v) is 3.15. The molecule has 0 amide bonds. The Bertz CT molecular complexity index is 1090. The summed E-state index contributed by atoms with van der Waals surface area (Å²) in [5.74, 6) is 1.56. The maximum atomic E-state index is 13.1. The molecule has 1 aliphatic rings. The van der Waals surface area contributed by atoms with E-state index in [1.165, 1.54) is 7.11 Å². The first-order valence-electron chi connectivity index (χ1n) is 7.98. The fraction of sp³-hybridized carbons (Fsp3) is 0.250. The van der Waals surface area contributed by atoms with Crippen LogP contribution >= 0.6 is 0 Å². The lowest BCUT2D eigenvalue weighted by Crippen LogP contribution is -2.27. The van der Waals surface area contributed by atoms with Crippen LogP contribution in [0.4, 0.5) is 0 Å². The Morgan fingerprint density at radius 2 is 1.80 bits per heavy atom. The molecule has 0 spiro atoms. The third-order valence-electron chi connectivity index (χ3n) is 4.36. The summed E-state index contributed by atoms with van der Waals surface area (Å²) in [5.41, 5.74) is 0.966. The van der Waals surface area contributed by atoms with Crippen LogP contribution in [0.2, 0.25) is 0 Å². The summed E-state index contributed by atoms with van der Waals surface area (Å²) in [4.78, 5) is 13.1. The number of rotatable bonds is 2. The van der Waals surface area contributed by atoms with Gasteiger partial charge in [-0.3, -0.25) is 4.79 Å². The van der Waals surface area contributed by atoms with E-state index in [1.807, 2.05) is 26.0 Å². The zero-order chi connectivity index (χ0) is 17.8. The van der Waals surface area contributed by atoms with Gasteiger partial charge in [-0.1, -0.05) is 6.07 Å². The number of ether oxygens (including phenoxy) is 3. The van der Waals surface area contributed by atoms with Gasteiger partial charge in [-0.15, -0.1) is 0 Å². The van der Waals surface area contributed by atoms with Crippen molar-refractivity contribution in [2.75, 3.05) is 14.2 Å². The minimum absolute atomic E-state index is 0.159. The van der Waals surface area contributed by atoms with Crippen molar-refractivity contribution in [2.45, 2.75) is 19.4 Å². The lowest BCUT2D eigenvalue weighted by molar-refractivity contribution is 0.158. The molecular formula is C20H18O5. The number of methoxy groups -OCH3 is 2. The summed E-state index contributed by atoms with van der Waals surface area (Å²) < 4.78 is 22.9. The number of para-hydroxylation sites is 1. The first kappa shape index (κ1) is 15.6. The minimum Gasteiger partial charge on any atom is -0.496 e. The Labute approximate surface area is 144 Å². The lowest BCUT2D eigenvalue weighted by Gasteiger charge is -2.28. The van der Waals surface area contributed by atoms with Gasteiger partial charge in [0.2, 0.25) is 5.43 Å². The van der Waals surface area contributed by atoms with Gasteiger partial charge in [0.1, 0.15) is 22.5 Å². The first-order valence-corrected chi connectivity index (χ1v) is 7.98. The van der Waals surface area contributed by atoms with Crippen molar-refractivity contribution in [3.8, 4) is 17.2 Å². The molecule has 0 atom stereocenters. The minimum atomic E-state index is -0.444. The standard InChI is InChI=1S/C20H18O5/c1-20(2)9-8-11-14(25-20)10-15(23-4)16-17(21)12-6-5-7-13(22-3)18(12)24-19(11)16/h5-10H,1-4H3. The van der Waals surface area contributed by atoms with E-state index < -0.39 is 5.60 Å². The molecule has 0 N–H and O–H groups in total. The van der Waals surface area contributed by atoms with Crippen molar-refractivity contribution >= 4 is 28.0 Å². The highest BCUT2D eigenvalue weighted by Gasteiger charge is 2.27. The average Bonchev–Trinajstić information content (AvgIpc) is 2.59. The molecule has 3 aromatic rings. The Balaban J connectivity index is 2.20. The molecule has 5 nitrogen and oxygen atoms in total. The third-order valence-corrected chi connectivity index (χ3v) is 4.36. The van der Waals surface area contributed by atoms with Crippen LogP contribution in [0.1, 0.15) is 19.4 Å². The second-order valence-corrected chi connectivity index (χ2v) is 6.50. The summed E-state index contributed by atoms with van der Waals surface area (Å²) in [6.45, 7) is 3.92. The topological polar surface area (TPSA) is 57.9 Å². The zero-order valence-corrected chi connectivity index (χ0v) is 14.5. The number of hydrogen-bond acceptors (Lipinski definition) is 5. The number of benzene rings is 2. The van der Waals surface area contributed by atoms with Gasteiger partial charge < -0.3 is 18.6 Å². The van der Waals surface area contributed by atoms with Gasteiger partial charge in [0.25, 0.3) is 0 Å². The Hall–Kier alpha value is -2.95. The van der Waals surface area contributed by atoms with Gasteiger partial charge in [-0.05, 0) is 38.1 Å². The largest absolute Gasteiger partial charge is 0.496 e. The second kappa shape index (κ2) is 5.28. The van der Waals surface area contributed by atoms with Gasteiger partial charge >= 0.3 is 0 Å². The molecule has 0 saturated carbocycles. The molecule has 0 bridgehead atoms. The molecule has 1 aliphatic heterocycles. The van der Waals surface area contributed by atoms with Crippen molar-refractivity contribution in [3.05, 3.63) is 46.1 Å². The number of hydrogen-bond donors (Lipinski definition) is 0. The summed E-state index contributed by atoms with van der Waals surface area (Å²) >= 11 is 0. The van der Waals surface area contributed by atoms with E-state index in [-0.39, 0.29) is 5.43 Å². The quantitative estimate of drug-likeness (QED) is 0.657. The van der Waals surface area contributed by atoms with E-state index in [4.69, 9.17) is 18.6 Å². The molecule has 0 unspecified atom stereocenters. The molecule has 5 heteroatoms. The molecule has 1 aromatic heterocycles. The molecule has 0 saturated heterocycles. The van der Waals surface area contributed by atoms with Gasteiger partial charge in [0.15, 0.2) is 16.9 Å². The first-order chi connectivity index (χ1) is 11.9. The summed E-state index contributed by atoms with van der Waals surface area (Å²) in [6, 6.07) is 6.99. The molecule has 2 heterocycles. The molecule has 2 aromatic carbocycles. The summed E-state index contributed by atoms with van der Waals surface area (Å²) in [7, 11) is 3.08. The van der Waals surface area contributed by atoms with Crippen LogP contribution < -0.4 is 19.6 Å². The van der Waals surface area contributed by atoms with Crippen LogP contribution in [-0.2, 0) is 0 Å². The van der Waals surface area contributed by atoms with Gasteiger partial charge in [0, 0.05) is 6.07 Å². The maximum Gasteiger partial charge on any atom is 0.204 e. The predicted octanol–water partition coefficient (Wildman–Crippen LogP) is 4.15. The van der Waals surface area contributed by atoms with Crippen molar-refractivity contribution in [3.63, 3.8) is 0 Å². The molecule has 4 rings (SSSR count). The second-order valence-electron chi connectivity index (χ2n) is 6.50. The normalized spacial score (nSPS) is 15.0. The van der Waals surface area contributed by atoms with E-state index in [1.54, 1.807) is 31.4 Å². The Morgan fingerprint density at radius 1 is 1.04 bits per heavy atom. The van der Waals surface area contributed by atoms with Crippen molar-refractivity contribution in [1.29, 1.82) is 0 Å². The lowest BCUT2D eigenvalue weighted by atomic mass is 9.99. The van der Waals surface area contributed by atoms with Crippen LogP contribution in [0.5, 0.6) is 17.2 Å². The fourth-order valence-electron chi connectivity index (χ4n) is 3.15. The highest BCUT2D eigenvalue weighted by Crippen LogP contribution is 2.41. The molecular weight excluding hydrogens is 320 g/mol. The smallest absolute Gasteiger partial charge is 0.204 e. The monoisotopic (exact) mass is 338 g/mol. The van der Waals surface area contributed by atoms with Gasteiger partial charge in [0.05, 0.1) is 25.2 Å². The van der Waals surface area contributed by atoms with E-state index in [0.29, 0.717) is 39.2 Å². The summed E-state index contributed by atoms with van der Waals surface area (Å²) in [6.07, 6.45) is 3.86. The maximum absolute atomic E-state index is 13.1. The van der Waals surface area contributed by atoms with Gasteiger partial charge in [-0.2, -0.15) is 0 Å². The van der Waals surface area contributed by atoms with Crippen LogP contribution in [0.3, 0.4) is 0 Å². The van der Waals surface area contributed by atoms with Crippen molar-refractivity contribution in [2.24, 2.45) is 0 Å². The van der Waals surface area contributed by atoms with Gasteiger partial charge in [-0.25, -0.2) is 0 Å². The highest BCUT2D eigenvalue weighted by atomic mass is 16.5. The zero-order valence-electron chi connectivity index (χ0n) is 14.5. The third kappa shape index (κ3) is 2.27. The van der Waals surface area contributed by atoms with Crippen molar-refractivity contribution in [1.82, 2.24) is 0 Å². The van der Waals surface area contributed by atoms with Crippen molar-refractivity contribution < 1.29 is 18.6 Å². The number of fused-ring (bicyclic) bond motifs is 4. The average molecular weight is 338 g/mol. The van der Waals surface area contributed by atoms with Crippen LogP contribution in [0, 0.1) is 0 Å². The van der Waals surface area contributed by atoms with E-state index in [9.17, 15) is 4.79 Å². The SMILES string of the molecule is COc1cccc2c(=O)c3c(OC)cc4c(c3oc12)C=CC(C)(C)O4. The van der Waals surface area contributed by atoms with E-state index in [2.05, 4.69) is 0 Å². The van der Waals surface area contributed by atoms with Crippen LogP contribution in [0.25, 0.3) is 28.0 Å². The molecule has 0 radical (unpaired) electrons.